The lowest BCUT2D eigenvalue weighted by Crippen LogP contribution is -2.30. The van der Waals surface area contributed by atoms with E-state index < -0.39 is 97.5 Å². The minimum atomic E-state index is -4.95. The lowest BCUT2D eigenvalue weighted by molar-refractivity contribution is -0.161. The van der Waals surface area contributed by atoms with E-state index in [1.54, 1.807) is 0 Å². The highest BCUT2D eigenvalue weighted by Crippen LogP contribution is 2.45. The Labute approximate surface area is 556 Å². The molecule has 0 fully saturated rings. The molecule has 0 radical (unpaired) electrons. The Morgan fingerprint density at radius 2 is 0.505 bits per heavy atom. The third-order valence-electron chi connectivity index (χ3n) is 16.7. The molecule has 3 N–H and O–H groups in total. The summed E-state index contributed by atoms with van der Waals surface area (Å²) in [5, 5.41) is 10.6. The number of ether oxygens (including phenoxy) is 4. The van der Waals surface area contributed by atoms with E-state index in [1.165, 1.54) is 180 Å². The molecule has 0 bridgehead atoms. The van der Waals surface area contributed by atoms with Crippen molar-refractivity contribution < 1.29 is 80.2 Å². The van der Waals surface area contributed by atoms with Crippen molar-refractivity contribution in [2.75, 3.05) is 39.6 Å². The number of rotatable bonds is 71. The molecule has 19 heteroatoms. The molecule has 0 aromatic rings. The normalized spacial score (nSPS) is 14.1. The Morgan fingerprint density at radius 1 is 0.297 bits per heavy atom. The summed E-state index contributed by atoms with van der Waals surface area (Å²) in [7, 11) is -9.90. The van der Waals surface area contributed by atoms with Gasteiger partial charge in [0.05, 0.1) is 26.4 Å². The average Bonchev–Trinajstić information content (AvgIpc) is 3.09. The third kappa shape index (κ3) is 66.5. The fraction of sp³-hybridized carbons (Fsp3) is 0.944. The van der Waals surface area contributed by atoms with Gasteiger partial charge < -0.3 is 33.8 Å². The highest BCUT2D eigenvalue weighted by atomic mass is 31.2. The van der Waals surface area contributed by atoms with Crippen LogP contribution in [0.25, 0.3) is 0 Å². The highest BCUT2D eigenvalue weighted by Gasteiger charge is 2.30. The van der Waals surface area contributed by atoms with Gasteiger partial charge in [-0.25, -0.2) is 9.13 Å². The molecule has 0 saturated carbocycles. The molecule has 91 heavy (non-hydrogen) atoms. The number of carbonyl (C=O) groups is 4. The van der Waals surface area contributed by atoms with Crippen molar-refractivity contribution in [3.05, 3.63) is 0 Å². The van der Waals surface area contributed by atoms with Crippen LogP contribution in [0.4, 0.5) is 0 Å². The van der Waals surface area contributed by atoms with Crippen molar-refractivity contribution in [3.63, 3.8) is 0 Å². The predicted octanol–water partition coefficient (Wildman–Crippen LogP) is 20.8. The lowest BCUT2D eigenvalue weighted by Gasteiger charge is -2.21. The summed E-state index contributed by atoms with van der Waals surface area (Å²) in [5.41, 5.74) is 0. The van der Waals surface area contributed by atoms with Crippen LogP contribution in [-0.2, 0) is 65.4 Å². The minimum Gasteiger partial charge on any atom is -0.462 e. The Morgan fingerprint density at radius 3 is 0.747 bits per heavy atom. The molecule has 5 atom stereocenters. The first-order valence-corrected chi connectivity index (χ1v) is 40.5. The third-order valence-corrected chi connectivity index (χ3v) is 18.6. The first-order chi connectivity index (χ1) is 43.9. The number of phosphoric acid groups is 2. The molecule has 0 rings (SSSR count). The molecule has 0 aromatic carbocycles. The van der Waals surface area contributed by atoms with E-state index in [0.717, 1.165) is 102 Å². The van der Waals surface area contributed by atoms with E-state index in [0.29, 0.717) is 31.6 Å². The van der Waals surface area contributed by atoms with Crippen molar-refractivity contribution in [1.82, 2.24) is 0 Å². The maximum atomic E-state index is 13.0. The van der Waals surface area contributed by atoms with Gasteiger partial charge in [-0.3, -0.25) is 37.3 Å². The molecule has 0 aliphatic rings. The van der Waals surface area contributed by atoms with Crippen LogP contribution in [0, 0.1) is 11.8 Å². The van der Waals surface area contributed by atoms with Gasteiger partial charge in [-0.05, 0) is 37.5 Å². The predicted molar refractivity (Wildman–Crippen MR) is 368 cm³/mol. The molecule has 17 nitrogen and oxygen atoms in total. The van der Waals surface area contributed by atoms with Crippen LogP contribution in [0.1, 0.15) is 369 Å². The average molecular weight is 1340 g/mol. The number of aliphatic hydroxyl groups excluding tert-OH is 1. The Balaban J connectivity index is 5.23. The SMILES string of the molecule is CCCCCCCCCCCCCCCCCCCC(=O)O[C@H](COC(=O)CCCCCCCCCCCCC(C)C)COP(=O)(O)OC[C@@H](O)COP(=O)(O)OC[C@@H](COC(=O)CCCCCCCCC(C)C)OC(=O)CCCCCCCCCCCCCC. The van der Waals surface area contributed by atoms with Crippen molar-refractivity contribution >= 4 is 39.5 Å². The van der Waals surface area contributed by atoms with E-state index in [9.17, 15) is 43.2 Å². The van der Waals surface area contributed by atoms with Crippen LogP contribution in [0.15, 0.2) is 0 Å². The Kier molecular flexibility index (Phi) is 62.7. The van der Waals surface area contributed by atoms with E-state index in [1.807, 2.05) is 0 Å². The largest absolute Gasteiger partial charge is 0.472 e. The molecule has 2 unspecified atom stereocenters. The first-order valence-electron chi connectivity index (χ1n) is 37.5. The second-order valence-corrected chi connectivity index (χ2v) is 29.8. The monoisotopic (exact) mass is 1340 g/mol. The van der Waals surface area contributed by atoms with E-state index in [4.69, 9.17) is 37.0 Å². The molecule has 0 saturated heterocycles. The smallest absolute Gasteiger partial charge is 0.462 e. The molecule has 0 heterocycles. The molecular formula is C72H140O17P2. The minimum absolute atomic E-state index is 0.106. The number of unbranched alkanes of at least 4 members (excludes halogenated alkanes) is 41. The van der Waals surface area contributed by atoms with Crippen LogP contribution >= 0.6 is 15.6 Å². The highest BCUT2D eigenvalue weighted by molar-refractivity contribution is 7.47. The van der Waals surface area contributed by atoms with E-state index in [2.05, 4.69) is 41.5 Å². The van der Waals surface area contributed by atoms with Crippen molar-refractivity contribution in [2.24, 2.45) is 11.8 Å². The summed E-state index contributed by atoms with van der Waals surface area (Å²) in [6.07, 6.45) is 50.0. The van der Waals surface area contributed by atoms with Gasteiger partial charge >= 0.3 is 39.5 Å². The number of esters is 4. The maximum Gasteiger partial charge on any atom is 0.472 e. The first kappa shape index (κ1) is 89.1. The summed E-state index contributed by atoms with van der Waals surface area (Å²) in [5.74, 6) is -0.684. The molecular weight excluding hydrogens is 1200 g/mol. The van der Waals surface area contributed by atoms with Crippen molar-refractivity contribution in [1.29, 1.82) is 0 Å². The molecule has 540 valence electrons. The summed E-state index contributed by atoms with van der Waals surface area (Å²) in [6, 6.07) is 0. The fourth-order valence-corrected chi connectivity index (χ4v) is 12.5. The molecule has 0 amide bonds. The van der Waals surface area contributed by atoms with Crippen LogP contribution in [-0.4, -0.2) is 96.7 Å². The molecule has 0 aromatic heterocycles. The summed E-state index contributed by atoms with van der Waals surface area (Å²) in [4.78, 5) is 72.6. The van der Waals surface area contributed by atoms with Gasteiger partial charge in [0.15, 0.2) is 12.2 Å². The van der Waals surface area contributed by atoms with Crippen molar-refractivity contribution in [2.45, 2.75) is 387 Å². The van der Waals surface area contributed by atoms with Crippen LogP contribution < -0.4 is 0 Å². The second kappa shape index (κ2) is 64.1. The summed E-state index contributed by atoms with van der Waals surface area (Å²) >= 11 is 0. The zero-order valence-electron chi connectivity index (χ0n) is 59.1. The van der Waals surface area contributed by atoms with Crippen LogP contribution in [0.3, 0.4) is 0 Å². The van der Waals surface area contributed by atoms with Gasteiger partial charge in [0, 0.05) is 25.7 Å². The number of hydrogen-bond donors (Lipinski definition) is 3. The zero-order chi connectivity index (χ0) is 67.2. The van der Waals surface area contributed by atoms with E-state index in [-0.39, 0.29) is 25.7 Å². The number of hydrogen-bond acceptors (Lipinski definition) is 15. The van der Waals surface area contributed by atoms with Crippen LogP contribution in [0.5, 0.6) is 0 Å². The molecule has 0 spiro atoms. The number of phosphoric ester groups is 2. The van der Waals surface area contributed by atoms with Gasteiger partial charge in [-0.2, -0.15) is 0 Å². The maximum absolute atomic E-state index is 13.0. The molecule has 0 aliphatic heterocycles. The number of carbonyl (C=O) groups excluding carboxylic acids is 4. The van der Waals surface area contributed by atoms with E-state index >= 15 is 0 Å². The second-order valence-electron chi connectivity index (χ2n) is 26.9. The standard InChI is InChI=1S/C72H140O17P2/c1-7-9-11-13-15-17-19-21-22-23-24-25-27-33-37-45-51-57-72(77)88-67(60-82-69(74)54-48-42-35-31-29-28-30-34-40-46-52-64(3)4)62-86-90(78,79)84-58-66(73)59-85-91(80,81)87-63-68(61-83-70(75)55-49-43-39-38-41-47-53-65(5)6)89-71(76)56-50-44-36-32-26-20-18-16-14-12-10-8-2/h64-68,73H,7-63H2,1-6H3,(H,78,79)(H,80,81)/t66-,67-,68-/m1/s1. The fourth-order valence-electron chi connectivity index (χ4n) is 10.9. The zero-order valence-corrected chi connectivity index (χ0v) is 60.9. The van der Waals surface area contributed by atoms with Crippen LogP contribution in [0.2, 0.25) is 0 Å². The quantitative estimate of drug-likeness (QED) is 0.0222. The summed E-state index contributed by atoms with van der Waals surface area (Å²) in [6.45, 7) is 9.48. The van der Waals surface area contributed by atoms with Gasteiger partial charge in [0.2, 0.25) is 0 Å². The lowest BCUT2D eigenvalue weighted by atomic mass is 10.0. The topological polar surface area (TPSA) is 237 Å². The molecule has 0 aliphatic carbocycles. The van der Waals surface area contributed by atoms with Gasteiger partial charge in [-0.1, -0.05) is 318 Å². The van der Waals surface area contributed by atoms with Crippen molar-refractivity contribution in [3.8, 4) is 0 Å². The Bertz CT molecular complexity index is 1770. The van der Waals surface area contributed by atoms with Gasteiger partial charge in [-0.15, -0.1) is 0 Å². The van der Waals surface area contributed by atoms with Gasteiger partial charge in [0.25, 0.3) is 0 Å². The Hall–Kier alpha value is -1.94. The van der Waals surface area contributed by atoms with Gasteiger partial charge in [0.1, 0.15) is 19.3 Å². The summed E-state index contributed by atoms with van der Waals surface area (Å²) < 4.78 is 68.3. The number of aliphatic hydroxyl groups is 1.